The minimum atomic E-state index is -0.539. The Morgan fingerprint density at radius 2 is 1.94 bits per heavy atom. The first-order valence-corrected chi connectivity index (χ1v) is 6.09. The number of nitrogens with one attached hydrogen (secondary N) is 1. The third-order valence-electron chi connectivity index (χ3n) is 2.72. The second kappa shape index (κ2) is 7.12. The predicted molar refractivity (Wildman–Crippen MR) is 72.1 cm³/mol. The van der Waals surface area contributed by atoms with Gasteiger partial charge < -0.3 is 15.3 Å². The second-order valence-electron chi connectivity index (χ2n) is 4.82. The van der Waals surface area contributed by atoms with Crippen molar-refractivity contribution in [1.82, 2.24) is 10.2 Å². The van der Waals surface area contributed by atoms with Gasteiger partial charge >= 0.3 is 0 Å². The van der Waals surface area contributed by atoms with Gasteiger partial charge in [-0.15, -0.1) is 0 Å². The molecule has 0 bridgehead atoms. The highest BCUT2D eigenvalue weighted by molar-refractivity contribution is 5.32. The average Bonchev–Trinajstić information content (AvgIpc) is 2.35. The van der Waals surface area contributed by atoms with E-state index in [9.17, 15) is 5.11 Å². The van der Waals surface area contributed by atoms with Crippen LogP contribution in [-0.4, -0.2) is 43.2 Å². The molecule has 0 aromatic heterocycles. The van der Waals surface area contributed by atoms with E-state index in [-0.39, 0.29) is 0 Å². The molecule has 2 unspecified atom stereocenters. The van der Waals surface area contributed by atoms with Crippen LogP contribution in [0.25, 0.3) is 0 Å². The summed E-state index contributed by atoms with van der Waals surface area (Å²) in [5.41, 5.74) is 1.44. The molecule has 4 nitrogen and oxygen atoms in total. The summed E-state index contributed by atoms with van der Waals surface area (Å²) in [5.74, 6) is 0. The summed E-state index contributed by atoms with van der Waals surface area (Å²) in [4.78, 5) is 2.10. The molecule has 0 spiro atoms. The molecule has 0 fully saturated rings. The fourth-order valence-electron chi connectivity index (χ4n) is 1.82. The Hall–Kier alpha value is -1.41. The Morgan fingerprint density at radius 1 is 1.33 bits per heavy atom. The second-order valence-corrected chi connectivity index (χ2v) is 4.82. The fraction of sp³-hybridized carbons (Fsp3) is 0.500. The molecule has 0 aliphatic carbocycles. The van der Waals surface area contributed by atoms with Crippen molar-refractivity contribution in [3.63, 3.8) is 0 Å². The summed E-state index contributed by atoms with van der Waals surface area (Å²) in [6, 6.07) is 9.42. The Labute approximate surface area is 109 Å². The van der Waals surface area contributed by atoms with Gasteiger partial charge in [-0.05, 0) is 38.7 Å². The van der Waals surface area contributed by atoms with Gasteiger partial charge in [0.05, 0.1) is 17.7 Å². The summed E-state index contributed by atoms with van der Waals surface area (Å²) in [6.07, 6.45) is -0.539. The van der Waals surface area contributed by atoms with Gasteiger partial charge in [0, 0.05) is 19.1 Å². The normalized spacial score (nSPS) is 14.2. The SMILES string of the molecule is CC(CN(C)C)NCC(O)c1ccc(C#N)cc1. The van der Waals surface area contributed by atoms with E-state index in [1.165, 1.54) is 0 Å². The van der Waals surface area contributed by atoms with Gasteiger partial charge in [-0.1, -0.05) is 12.1 Å². The van der Waals surface area contributed by atoms with E-state index < -0.39 is 6.10 Å². The van der Waals surface area contributed by atoms with Crippen molar-refractivity contribution in [3.8, 4) is 6.07 Å². The Morgan fingerprint density at radius 3 is 2.44 bits per heavy atom. The van der Waals surface area contributed by atoms with Crippen LogP contribution in [-0.2, 0) is 0 Å². The molecule has 0 heterocycles. The van der Waals surface area contributed by atoms with Crippen LogP contribution in [0.5, 0.6) is 0 Å². The maximum absolute atomic E-state index is 10.0. The van der Waals surface area contributed by atoms with Crippen molar-refractivity contribution in [3.05, 3.63) is 35.4 Å². The molecule has 0 aliphatic rings. The van der Waals surface area contributed by atoms with Gasteiger partial charge in [0.1, 0.15) is 0 Å². The van der Waals surface area contributed by atoms with Crippen LogP contribution in [0.1, 0.15) is 24.2 Å². The topological polar surface area (TPSA) is 59.3 Å². The molecule has 0 aliphatic heterocycles. The lowest BCUT2D eigenvalue weighted by Gasteiger charge is -2.20. The third kappa shape index (κ3) is 4.84. The van der Waals surface area contributed by atoms with Gasteiger partial charge in [0.15, 0.2) is 0 Å². The molecule has 0 radical (unpaired) electrons. The molecule has 1 aromatic carbocycles. The molecular formula is C14H21N3O. The van der Waals surface area contributed by atoms with Crippen molar-refractivity contribution in [2.45, 2.75) is 19.1 Å². The number of nitriles is 1. The van der Waals surface area contributed by atoms with E-state index in [0.29, 0.717) is 18.2 Å². The number of benzene rings is 1. The number of rotatable bonds is 6. The van der Waals surface area contributed by atoms with Crippen LogP contribution < -0.4 is 5.32 Å². The van der Waals surface area contributed by atoms with E-state index in [0.717, 1.165) is 12.1 Å². The highest BCUT2D eigenvalue weighted by Gasteiger charge is 2.09. The number of aliphatic hydroxyl groups is 1. The summed E-state index contributed by atoms with van der Waals surface area (Å²) >= 11 is 0. The highest BCUT2D eigenvalue weighted by atomic mass is 16.3. The van der Waals surface area contributed by atoms with Crippen molar-refractivity contribution in [2.75, 3.05) is 27.2 Å². The zero-order chi connectivity index (χ0) is 13.5. The largest absolute Gasteiger partial charge is 0.387 e. The number of nitrogens with zero attached hydrogens (tertiary/aromatic N) is 2. The molecule has 98 valence electrons. The van der Waals surface area contributed by atoms with Gasteiger partial charge in [-0.25, -0.2) is 0 Å². The van der Waals surface area contributed by atoms with E-state index in [2.05, 4.69) is 23.2 Å². The van der Waals surface area contributed by atoms with Gasteiger partial charge in [-0.3, -0.25) is 0 Å². The van der Waals surface area contributed by atoms with Gasteiger partial charge in [-0.2, -0.15) is 5.26 Å². The lowest BCUT2D eigenvalue weighted by atomic mass is 10.1. The standard InChI is InChI=1S/C14H21N3O/c1-11(10-17(2)3)16-9-14(18)13-6-4-12(8-15)5-7-13/h4-7,11,14,16,18H,9-10H2,1-3H3. The molecule has 0 saturated carbocycles. The molecule has 1 aromatic rings. The highest BCUT2D eigenvalue weighted by Crippen LogP contribution is 2.12. The molecule has 1 rings (SSSR count). The molecular weight excluding hydrogens is 226 g/mol. The molecule has 0 amide bonds. The molecule has 0 saturated heterocycles. The first kappa shape index (κ1) is 14.7. The quantitative estimate of drug-likeness (QED) is 0.791. The molecule has 2 atom stereocenters. The minimum Gasteiger partial charge on any atom is -0.387 e. The van der Waals surface area contributed by atoms with Crippen molar-refractivity contribution in [1.29, 1.82) is 5.26 Å². The van der Waals surface area contributed by atoms with E-state index in [4.69, 9.17) is 5.26 Å². The summed E-state index contributed by atoms with van der Waals surface area (Å²) < 4.78 is 0. The number of aliphatic hydroxyl groups excluding tert-OH is 1. The third-order valence-corrected chi connectivity index (χ3v) is 2.72. The summed E-state index contributed by atoms with van der Waals surface area (Å²) in [7, 11) is 4.05. The molecule has 2 N–H and O–H groups in total. The maximum Gasteiger partial charge on any atom is 0.0991 e. The van der Waals surface area contributed by atoms with E-state index >= 15 is 0 Å². The smallest absolute Gasteiger partial charge is 0.0991 e. The first-order valence-electron chi connectivity index (χ1n) is 6.09. The van der Waals surface area contributed by atoms with E-state index in [1.807, 2.05) is 14.1 Å². The van der Waals surface area contributed by atoms with Gasteiger partial charge in [0.2, 0.25) is 0 Å². The average molecular weight is 247 g/mol. The minimum absolute atomic E-state index is 0.327. The van der Waals surface area contributed by atoms with E-state index in [1.54, 1.807) is 24.3 Å². The Bertz CT molecular complexity index is 394. The van der Waals surface area contributed by atoms with Crippen LogP contribution in [0.15, 0.2) is 24.3 Å². The monoisotopic (exact) mass is 247 g/mol. The number of hydrogen-bond donors (Lipinski definition) is 2. The predicted octanol–water partition coefficient (Wildman–Crippen LogP) is 1.13. The van der Waals surface area contributed by atoms with Crippen LogP contribution in [0, 0.1) is 11.3 Å². The molecule has 4 heteroatoms. The van der Waals surface area contributed by atoms with Crippen LogP contribution in [0.4, 0.5) is 0 Å². The first-order chi connectivity index (χ1) is 8.52. The lowest BCUT2D eigenvalue weighted by Crippen LogP contribution is -2.37. The summed E-state index contributed by atoms with van der Waals surface area (Å²) in [5, 5.41) is 22.0. The van der Waals surface area contributed by atoms with Crippen LogP contribution >= 0.6 is 0 Å². The zero-order valence-corrected chi connectivity index (χ0v) is 11.2. The van der Waals surface area contributed by atoms with Crippen molar-refractivity contribution < 1.29 is 5.11 Å². The number of hydrogen-bond acceptors (Lipinski definition) is 4. The zero-order valence-electron chi connectivity index (χ0n) is 11.2. The van der Waals surface area contributed by atoms with Gasteiger partial charge in [0.25, 0.3) is 0 Å². The summed E-state index contributed by atoms with van der Waals surface area (Å²) in [6.45, 7) is 3.53. The fourth-order valence-corrected chi connectivity index (χ4v) is 1.82. The van der Waals surface area contributed by atoms with Crippen molar-refractivity contribution >= 4 is 0 Å². The number of likely N-dealkylation sites (N-methyl/N-ethyl adjacent to an activating group) is 1. The maximum atomic E-state index is 10.0. The molecule has 18 heavy (non-hydrogen) atoms. The van der Waals surface area contributed by atoms with Crippen LogP contribution in [0.2, 0.25) is 0 Å². The van der Waals surface area contributed by atoms with Crippen LogP contribution in [0.3, 0.4) is 0 Å². The lowest BCUT2D eigenvalue weighted by molar-refractivity contribution is 0.167. The Balaban J connectivity index is 2.45. The Kier molecular flexibility index (Phi) is 5.79. The van der Waals surface area contributed by atoms with Crippen molar-refractivity contribution in [2.24, 2.45) is 0 Å².